The van der Waals surface area contributed by atoms with Gasteiger partial charge in [0, 0.05) is 6.04 Å². The first-order valence-electron chi connectivity index (χ1n) is 6.57. The molecule has 0 heterocycles. The van der Waals surface area contributed by atoms with Crippen LogP contribution in [0.2, 0.25) is 0 Å². The maximum absolute atomic E-state index is 12.4. The predicted octanol–water partition coefficient (Wildman–Crippen LogP) is 1.84. The number of amides is 1. The highest BCUT2D eigenvalue weighted by Gasteiger charge is 2.41. The van der Waals surface area contributed by atoms with E-state index < -0.39 is 5.41 Å². The lowest BCUT2D eigenvalue weighted by atomic mass is 9.82. The predicted molar refractivity (Wildman–Crippen MR) is 71.4 cm³/mol. The van der Waals surface area contributed by atoms with Crippen LogP contribution in [0.15, 0.2) is 5.16 Å². The van der Waals surface area contributed by atoms with Crippen molar-refractivity contribution in [3.05, 3.63) is 0 Å². The van der Waals surface area contributed by atoms with Gasteiger partial charge in [0.25, 0.3) is 0 Å². The summed E-state index contributed by atoms with van der Waals surface area (Å²) in [7, 11) is 0. The minimum Gasteiger partial charge on any atom is -0.409 e. The fraction of sp³-hybridized carbons (Fsp3) is 0.846. The number of carbonyl (C=O) groups is 1. The fourth-order valence-corrected chi connectivity index (χ4v) is 2.48. The van der Waals surface area contributed by atoms with E-state index in [9.17, 15) is 4.79 Å². The van der Waals surface area contributed by atoms with Gasteiger partial charge in [-0.1, -0.05) is 32.3 Å². The van der Waals surface area contributed by atoms with Crippen LogP contribution in [0.3, 0.4) is 0 Å². The number of amidine groups is 1. The molecule has 1 fully saturated rings. The minimum absolute atomic E-state index is 0.0293. The third-order valence-corrected chi connectivity index (χ3v) is 4.44. The molecule has 5 nitrogen and oxygen atoms in total. The number of nitrogens with two attached hydrogens (primary N) is 1. The van der Waals surface area contributed by atoms with Crippen LogP contribution in [-0.2, 0) is 4.79 Å². The molecule has 1 amide bonds. The molecule has 0 spiro atoms. The van der Waals surface area contributed by atoms with Gasteiger partial charge in [0.15, 0.2) is 5.84 Å². The Hall–Kier alpha value is -1.26. The van der Waals surface area contributed by atoms with Gasteiger partial charge in [-0.3, -0.25) is 4.79 Å². The number of nitrogens with zero attached hydrogens (tertiary/aromatic N) is 1. The Morgan fingerprint density at radius 2 is 2.22 bits per heavy atom. The summed E-state index contributed by atoms with van der Waals surface area (Å²) >= 11 is 0. The molecule has 0 radical (unpaired) electrons. The lowest BCUT2D eigenvalue weighted by Crippen LogP contribution is -2.52. The minimum atomic E-state index is -0.937. The molecule has 0 bridgehead atoms. The number of oxime groups is 1. The SMILES string of the molecule is CCC(C)(C(=O)NC1CCCC1(C)C)C(N)=NO. The summed E-state index contributed by atoms with van der Waals surface area (Å²) in [5.74, 6) is -0.182. The van der Waals surface area contributed by atoms with Crippen LogP contribution in [-0.4, -0.2) is 23.0 Å². The molecule has 0 aliphatic heterocycles. The van der Waals surface area contributed by atoms with Crippen molar-refractivity contribution in [1.82, 2.24) is 5.32 Å². The van der Waals surface area contributed by atoms with E-state index in [0.29, 0.717) is 6.42 Å². The van der Waals surface area contributed by atoms with Crippen molar-refractivity contribution in [2.45, 2.75) is 59.4 Å². The number of hydrogen-bond acceptors (Lipinski definition) is 3. The van der Waals surface area contributed by atoms with Crippen molar-refractivity contribution >= 4 is 11.7 Å². The Morgan fingerprint density at radius 3 is 2.61 bits per heavy atom. The first kappa shape index (κ1) is 14.8. The molecular weight excluding hydrogens is 230 g/mol. The molecule has 1 aliphatic rings. The number of carbonyl (C=O) groups excluding carboxylic acids is 1. The molecule has 1 saturated carbocycles. The largest absolute Gasteiger partial charge is 0.409 e. The Kier molecular flexibility index (Phi) is 4.24. The van der Waals surface area contributed by atoms with Crippen molar-refractivity contribution in [1.29, 1.82) is 0 Å². The molecule has 18 heavy (non-hydrogen) atoms. The normalized spacial score (nSPS) is 26.7. The van der Waals surface area contributed by atoms with Gasteiger partial charge in [-0.2, -0.15) is 0 Å². The van der Waals surface area contributed by atoms with Gasteiger partial charge in [0.05, 0.1) is 0 Å². The first-order chi connectivity index (χ1) is 8.28. The molecule has 1 rings (SSSR count). The zero-order chi connectivity index (χ0) is 14.0. The van der Waals surface area contributed by atoms with E-state index in [0.717, 1.165) is 19.3 Å². The number of rotatable bonds is 4. The van der Waals surface area contributed by atoms with Crippen LogP contribution in [0.5, 0.6) is 0 Å². The van der Waals surface area contributed by atoms with Crippen LogP contribution in [0.4, 0.5) is 0 Å². The van der Waals surface area contributed by atoms with Gasteiger partial charge in [-0.05, 0) is 31.6 Å². The van der Waals surface area contributed by atoms with Gasteiger partial charge < -0.3 is 16.3 Å². The van der Waals surface area contributed by atoms with E-state index in [4.69, 9.17) is 10.9 Å². The van der Waals surface area contributed by atoms with Crippen molar-refractivity contribution < 1.29 is 10.0 Å². The van der Waals surface area contributed by atoms with Gasteiger partial charge in [0.1, 0.15) is 5.41 Å². The van der Waals surface area contributed by atoms with E-state index in [1.165, 1.54) is 0 Å². The van der Waals surface area contributed by atoms with Crippen LogP contribution >= 0.6 is 0 Å². The van der Waals surface area contributed by atoms with Gasteiger partial charge in [-0.25, -0.2) is 0 Å². The van der Waals surface area contributed by atoms with Crippen molar-refractivity contribution in [3.63, 3.8) is 0 Å². The second kappa shape index (κ2) is 5.16. The van der Waals surface area contributed by atoms with Gasteiger partial charge in [-0.15, -0.1) is 0 Å². The second-order valence-corrected chi connectivity index (χ2v) is 6.08. The van der Waals surface area contributed by atoms with Crippen LogP contribution in [0, 0.1) is 10.8 Å². The average molecular weight is 255 g/mol. The van der Waals surface area contributed by atoms with Crippen molar-refractivity contribution in [2.75, 3.05) is 0 Å². The molecule has 0 aromatic carbocycles. The monoisotopic (exact) mass is 255 g/mol. The highest BCUT2D eigenvalue weighted by Crippen LogP contribution is 2.37. The Labute approximate surface area is 109 Å². The third-order valence-electron chi connectivity index (χ3n) is 4.44. The molecule has 5 heteroatoms. The lowest BCUT2D eigenvalue weighted by Gasteiger charge is -2.32. The maximum atomic E-state index is 12.4. The molecule has 0 aromatic heterocycles. The molecule has 4 N–H and O–H groups in total. The Balaban J connectivity index is 2.81. The van der Waals surface area contributed by atoms with Crippen LogP contribution in [0.1, 0.15) is 53.4 Å². The zero-order valence-electron chi connectivity index (χ0n) is 11.8. The highest BCUT2D eigenvalue weighted by atomic mass is 16.4. The molecule has 1 aliphatic carbocycles. The second-order valence-electron chi connectivity index (χ2n) is 6.08. The summed E-state index contributed by atoms with van der Waals surface area (Å²) in [5.41, 5.74) is 4.83. The highest BCUT2D eigenvalue weighted by molar-refractivity contribution is 6.06. The standard InChI is InChI=1S/C13H25N3O2/c1-5-13(4,10(14)16-18)11(17)15-9-7-6-8-12(9,2)3/h9,18H,5-8H2,1-4H3,(H2,14,16)(H,15,17). The fourth-order valence-electron chi connectivity index (χ4n) is 2.48. The summed E-state index contributed by atoms with van der Waals surface area (Å²) in [6, 6.07) is 0.169. The molecule has 0 aromatic rings. The Bertz CT molecular complexity index is 352. The summed E-state index contributed by atoms with van der Waals surface area (Å²) < 4.78 is 0. The molecular formula is C13H25N3O2. The molecule has 104 valence electrons. The Morgan fingerprint density at radius 1 is 1.61 bits per heavy atom. The van der Waals surface area contributed by atoms with Crippen molar-refractivity contribution in [3.8, 4) is 0 Å². The van der Waals surface area contributed by atoms with E-state index in [1.54, 1.807) is 6.92 Å². The molecule has 0 saturated heterocycles. The number of hydrogen-bond donors (Lipinski definition) is 3. The van der Waals surface area contributed by atoms with Gasteiger partial charge in [0.2, 0.25) is 5.91 Å². The lowest BCUT2D eigenvalue weighted by molar-refractivity contribution is -0.128. The molecule has 2 atom stereocenters. The van der Waals surface area contributed by atoms with Crippen molar-refractivity contribution in [2.24, 2.45) is 21.7 Å². The molecule has 2 unspecified atom stereocenters. The smallest absolute Gasteiger partial charge is 0.233 e. The summed E-state index contributed by atoms with van der Waals surface area (Å²) in [5, 5.41) is 14.9. The average Bonchev–Trinajstić information content (AvgIpc) is 2.66. The van der Waals surface area contributed by atoms with Crippen LogP contribution in [0.25, 0.3) is 0 Å². The van der Waals surface area contributed by atoms with E-state index >= 15 is 0 Å². The summed E-state index contributed by atoms with van der Waals surface area (Å²) in [4.78, 5) is 12.4. The number of nitrogens with one attached hydrogen (secondary N) is 1. The summed E-state index contributed by atoms with van der Waals surface area (Å²) in [6.45, 7) is 7.90. The van der Waals surface area contributed by atoms with E-state index in [2.05, 4.69) is 24.3 Å². The van der Waals surface area contributed by atoms with Crippen LogP contribution < -0.4 is 11.1 Å². The van der Waals surface area contributed by atoms with Gasteiger partial charge >= 0.3 is 0 Å². The van der Waals surface area contributed by atoms with E-state index in [1.807, 2.05) is 6.92 Å². The quantitative estimate of drug-likeness (QED) is 0.310. The topological polar surface area (TPSA) is 87.7 Å². The summed E-state index contributed by atoms with van der Waals surface area (Å²) in [6.07, 6.45) is 3.74. The van der Waals surface area contributed by atoms with E-state index in [-0.39, 0.29) is 23.2 Å². The third kappa shape index (κ3) is 2.60. The first-order valence-corrected chi connectivity index (χ1v) is 6.57. The zero-order valence-corrected chi connectivity index (χ0v) is 11.8. The maximum Gasteiger partial charge on any atom is 0.233 e.